The summed E-state index contributed by atoms with van der Waals surface area (Å²) >= 11 is 6.97. The predicted octanol–water partition coefficient (Wildman–Crippen LogP) is 3.16. The van der Waals surface area contributed by atoms with Gasteiger partial charge in [-0.05, 0) is 48.0 Å². The fourth-order valence-corrected chi connectivity index (χ4v) is 3.51. The van der Waals surface area contributed by atoms with Crippen molar-refractivity contribution in [3.63, 3.8) is 0 Å². The fraction of sp³-hybridized carbons (Fsp3) is 0.125. The number of anilines is 1. The molecule has 22 heavy (non-hydrogen) atoms. The lowest BCUT2D eigenvalue weighted by Gasteiger charge is -2.07. The summed E-state index contributed by atoms with van der Waals surface area (Å²) < 4.78 is 1.63. The van der Waals surface area contributed by atoms with Crippen LogP contribution >= 0.6 is 22.9 Å². The van der Waals surface area contributed by atoms with Crippen LogP contribution in [0.25, 0.3) is 20.2 Å². The number of nitrogens with one attached hydrogen (secondary N) is 1. The van der Waals surface area contributed by atoms with E-state index in [1.165, 1.54) is 11.3 Å². The molecule has 2 aromatic carbocycles. The smallest absolute Gasteiger partial charge is 0.252 e. The molecule has 3 N–H and O–H groups in total. The van der Waals surface area contributed by atoms with E-state index in [9.17, 15) is 9.59 Å². The Hall–Kier alpha value is -1.95. The number of hydrogen-bond acceptors (Lipinski definition) is 5. The number of carbonyl (C=O) groups excluding carboxylic acids is 1. The summed E-state index contributed by atoms with van der Waals surface area (Å²) in [6.45, 7) is 1.18. The Kier molecular flexibility index (Phi) is 4.11. The molecule has 0 radical (unpaired) electrons. The third-order valence-electron chi connectivity index (χ3n) is 3.37. The quantitative estimate of drug-likeness (QED) is 0.568. The van der Waals surface area contributed by atoms with Crippen LogP contribution in [0.15, 0.2) is 41.2 Å². The summed E-state index contributed by atoms with van der Waals surface area (Å²) in [6.07, 6.45) is 0. The molecule has 1 heterocycles. The molecule has 4 nitrogen and oxygen atoms in total. The van der Waals surface area contributed by atoms with Crippen molar-refractivity contribution in [3.8, 4) is 0 Å². The van der Waals surface area contributed by atoms with E-state index in [4.69, 9.17) is 17.3 Å². The number of fused-ring (bicyclic) bond motifs is 2. The van der Waals surface area contributed by atoms with Gasteiger partial charge < -0.3 is 11.1 Å². The molecular weight excluding hydrogens is 320 g/mol. The van der Waals surface area contributed by atoms with Crippen LogP contribution in [0.3, 0.4) is 0 Å². The summed E-state index contributed by atoms with van der Waals surface area (Å²) in [5.41, 5.74) is 6.69. The van der Waals surface area contributed by atoms with Gasteiger partial charge in [0, 0.05) is 44.5 Å². The second-order valence-electron chi connectivity index (χ2n) is 4.84. The SMILES string of the molecule is NCCNc1ccc2sc3cc(C(=O)Cl)ccc3c(=O)c2c1. The molecule has 6 heteroatoms. The van der Waals surface area contributed by atoms with Crippen molar-refractivity contribution in [1.82, 2.24) is 0 Å². The Morgan fingerprint density at radius 1 is 1.14 bits per heavy atom. The highest BCUT2D eigenvalue weighted by molar-refractivity contribution is 7.24. The van der Waals surface area contributed by atoms with Gasteiger partial charge in [-0.1, -0.05) is 0 Å². The molecule has 0 aliphatic rings. The summed E-state index contributed by atoms with van der Waals surface area (Å²) in [6, 6.07) is 10.5. The Morgan fingerprint density at radius 3 is 2.68 bits per heavy atom. The number of hydrogen-bond donors (Lipinski definition) is 2. The van der Waals surface area contributed by atoms with E-state index in [-0.39, 0.29) is 5.43 Å². The van der Waals surface area contributed by atoms with E-state index in [0.29, 0.717) is 29.4 Å². The maximum Gasteiger partial charge on any atom is 0.252 e. The molecule has 0 atom stereocenters. The number of benzene rings is 2. The molecule has 0 aliphatic carbocycles. The lowest BCUT2D eigenvalue weighted by Crippen LogP contribution is -2.13. The maximum atomic E-state index is 12.6. The van der Waals surface area contributed by atoms with Crippen LogP contribution in [0.2, 0.25) is 0 Å². The van der Waals surface area contributed by atoms with Gasteiger partial charge in [0.15, 0.2) is 5.43 Å². The first-order chi connectivity index (χ1) is 10.6. The molecule has 0 saturated carbocycles. The average Bonchev–Trinajstić information content (AvgIpc) is 2.52. The molecule has 3 aromatic rings. The molecule has 0 spiro atoms. The highest BCUT2D eigenvalue weighted by Crippen LogP contribution is 2.27. The van der Waals surface area contributed by atoms with Crippen molar-refractivity contribution in [1.29, 1.82) is 0 Å². The second-order valence-corrected chi connectivity index (χ2v) is 6.27. The van der Waals surface area contributed by atoms with Crippen molar-refractivity contribution in [2.45, 2.75) is 0 Å². The van der Waals surface area contributed by atoms with E-state index in [0.717, 1.165) is 15.1 Å². The summed E-state index contributed by atoms with van der Waals surface area (Å²) in [7, 11) is 0. The predicted molar refractivity (Wildman–Crippen MR) is 93.3 cm³/mol. The van der Waals surface area contributed by atoms with Crippen molar-refractivity contribution < 1.29 is 4.79 Å². The minimum Gasteiger partial charge on any atom is -0.384 e. The van der Waals surface area contributed by atoms with Crippen LogP contribution in [-0.4, -0.2) is 18.3 Å². The highest BCUT2D eigenvalue weighted by atomic mass is 35.5. The van der Waals surface area contributed by atoms with Crippen LogP contribution in [0.5, 0.6) is 0 Å². The highest BCUT2D eigenvalue weighted by Gasteiger charge is 2.09. The lowest BCUT2D eigenvalue weighted by atomic mass is 10.1. The average molecular weight is 333 g/mol. The Labute approximate surface area is 135 Å². The van der Waals surface area contributed by atoms with Gasteiger partial charge in [0.25, 0.3) is 5.24 Å². The van der Waals surface area contributed by atoms with Crippen LogP contribution in [0.4, 0.5) is 5.69 Å². The van der Waals surface area contributed by atoms with Crippen molar-refractivity contribution in [3.05, 3.63) is 52.2 Å². The Balaban J connectivity index is 2.22. The summed E-state index contributed by atoms with van der Waals surface area (Å²) in [5.74, 6) is 0. The molecule has 3 rings (SSSR count). The number of carbonyl (C=O) groups is 1. The largest absolute Gasteiger partial charge is 0.384 e. The number of halogens is 1. The first-order valence-electron chi connectivity index (χ1n) is 6.74. The fourth-order valence-electron chi connectivity index (χ4n) is 2.30. The van der Waals surface area contributed by atoms with Crippen LogP contribution < -0.4 is 16.5 Å². The molecule has 0 saturated heterocycles. The Bertz CT molecular complexity index is 936. The van der Waals surface area contributed by atoms with E-state index in [2.05, 4.69) is 5.32 Å². The van der Waals surface area contributed by atoms with Crippen LogP contribution in [0.1, 0.15) is 10.4 Å². The zero-order valence-electron chi connectivity index (χ0n) is 11.6. The molecule has 0 amide bonds. The number of nitrogens with two attached hydrogens (primary N) is 1. The molecule has 112 valence electrons. The van der Waals surface area contributed by atoms with Gasteiger partial charge in [-0.25, -0.2) is 0 Å². The third kappa shape index (κ3) is 2.70. The standard InChI is InChI=1S/C16H13ClN2O2S/c17-16(21)9-1-3-11-14(7-9)22-13-4-2-10(19-6-5-18)8-12(13)15(11)20/h1-4,7-8,19H,5-6,18H2. The van der Waals surface area contributed by atoms with Gasteiger partial charge in [-0.15, -0.1) is 11.3 Å². The monoisotopic (exact) mass is 332 g/mol. The normalized spacial score (nSPS) is 11.0. The minimum absolute atomic E-state index is 0.0475. The van der Waals surface area contributed by atoms with E-state index in [1.807, 2.05) is 18.2 Å². The summed E-state index contributed by atoms with van der Waals surface area (Å²) in [5, 5.41) is 3.89. The molecular formula is C16H13ClN2O2S. The minimum atomic E-state index is -0.525. The molecule has 0 bridgehead atoms. The van der Waals surface area contributed by atoms with Crippen molar-refractivity contribution in [2.75, 3.05) is 18.4 Å². The maximum absolute atomic E-state index is 12.6. The molecule has 0 unspecified atom stereocenters. The van der Waals surface area contributed by atoms with Crippen LogP contribution in [0, 0.1) is 0 Å². The molecule has 0 aliphatic heterocycles. The Morgan fingerprint density at radius 2 is 1.95 bits per heavy atom. The van der Waals surface area contributed by atoms with Gasteiger partial charge in [-0.3, -0.25) is 9.59 Å². The van der Waals surface area contributed by atoms with E-state index >= 15 is 0 Å². The number of rotatable bonds is 4. The van der Waals surface area contributed by atoms with Gasteiger partial charge in [0.2, 0.25) is 0 Å². The topological polar surface area (TPSA) is 72.2 Å². The third-order valence-corrected chi connectivity index (χ3v) is 4.72. The van der Waals surface area contributed by atoms with Gasteiger partial charge in [-0.2, -0.15) is 0 Å². The van der Waals surface area contributed by atoms with Crippen molar-refractivity contribution in [2.24, 2.45) is 5.73 Å². The van der Waals surface area contributed by atoms with Crippen LogP contribution in [-0.2, 0) is 0 Å². The van der Waals surface area contributed by atoms with Gasteiger partial charge >= 0.3 is 0 Å². The first-order valence-corrected chi connectivity index (χ1v) is 7.94. The van der Waals surface area contributed by atoms with E-state index in [1.54, 1.807) is 18.2 Å². The van der Waals surface area contributed by atoms with Gasteiger partial charge in [0.05, 0.1) is 0 Å². The van der Waals surface area contributed by atoms with E-state index < -0.39 is 5.24 Å². The molecule has 0 fully saturated rings. The zero-order valence-corrected chi connectivity index (χ0v) is 13.1. The zero-order chi connectivity index (χ0) is 15.7. The van der Waals surface area contributed by atoms with Crippen molar-refractivity contribution >= 4 is 54.0 Å². The van der Waals surface area contributed by atoms with Gasteiger partial charge in [0.1, 0.15) is 0 Å². The second kappa shape index (κ2) is 6.04. The molecule has 1 aromatic heterocycles. The summed E-state index contributed by atoms with van der Waals surface area (Å²) in [4.78, 5) is 23.9. The first kappa shape index (κ1) is 15.0. The lowest BCUT2D eigenvalue weighted by molar-refractivity contribution is 0.108.